The van der Waals surface area contributed by atoms with E-state index in [9.17, 15) is 10.2 Å². The highest BCUT2D eigenvalue weighted by Gasteiger charge is 2.11. The Morgan fingerprint density at radius 2 is 1.70 bits per heavy atom. The minimum Gasteiger partial charge on any atom is -0.508 e. The Hall–Kier alpha value is -1.84. The quantitative estimate of drug-likeness (QED) is 0.784. The second-order valence-corrected chi connectivity index (χ2v) is 5.09. The van der Waals surface area contributed by atoms with Crippen LogP contribution in [0.4, 0.5) is 0 Å². The van der Waals surface area contributed by atoms with Crippen molar-refractivity contribution >= 4 is 0 Å². The summed E-state index contributed by atoms with van der Waals surface area (Å²) in [6.45, 7) is 4.55. The molecular formula is C17H21NO2. The molecule has 0 amide bonds. The normalized spacial score (nSPS) is 12.3. The van der Waals surface area contributed by atoms with Gasteiger partial charge in [-0.1, -0.05) is 36.4 Å². The van der Waals surface area contributed by atoms with Crippen molar-refractivity contribution in [3.63, 3.8) is 0 Å². The highest BCUT2D eigenvalue weighted by Crippen LogP contribution is 2.22. The van der Waals surface area contributed by atoms with E-state index in [1.807, 2.05) is 50.2 Å². The van der Waals surface area contributed by atoms with E-state index < -0.39 is 0 Å². The molecule has 0 heterocycles. The lowest BCUT2D eigenvalue weighted by atomic mass is 10.0. The zero-order chi connectivity index (χ0) is 14.5. The highest BCUT2D eigenvalue weighted by molar-refractivity contribution is 5.40. The first-order valence-electron chi connectivity index (χ1n) is 6.80. The minimum atomic E-state index is -0.128. The zero-order valence-corrected chi connectivity index (χ0v) is 11.9. The van der Waals surface area contributed by atoms with Crippen LogP contribution in [0.2, 0.25) is 0 Å². The average molecular weight is 271 g/mol. The lowest BCUT2D eigenvalue weighted by Gasteiger charge is -2.17. The van der Waals surface area contributed by atoms with Crippen molar-refractivity contribution < 1.29 is 10.2 Å². The number of nitrogens with one attached hydrogen (secondary N) is 1. The Bertz CT molecular complexity index is 567. The molecule has 0 aromatic heterocycles. The van der Waals surface area contributed by atoms with Gasteiger partial charge in [0.05, 0.1) is 12.6 Å². The van der Waals surface area contributed by atoms with Gasteiger partial charge < -0.3 is 15.5 Å². The van der Waals surface area contributed by atoms with Gasteiger partial charge in [0.25, 0.3) is 0 Å². The van der Waals surface area contributed by atoms with Crippen LogP contribution < -0.4 is 5.32 Å². The molecule has 2 aromatic carbocycles. The largest absolute Gasteiger partial charge is 0.508 e. The summed E-state index contributed by atoms with van der Waals surface area (Å²) in [4.78, 5) is 0. The number of phenols is 1. The van der Waals surface area contributed by atoms with E-state index >= 15 is 0 Å². The van der Waals surface area contributed by atoms with Crippen LogP contribution in [-0.4, -0.2) is 16.8 Å². The molecule has 0 aliphatic heterocycles. The van der Waals surface area contributed by atoms with E-state index in [0.717, 1.165) is 22.3 Å². The lowest BCUT2D eigenvalue weighted by Crippen LogP contribution is -2.24. The van der Waals surface area contributed by atoms with Crippen molar-refractivity contribution in [2.75, 3.05) is 6.61 Å². The van der Waals surface area contributed by atoms with Crippen molar-refractivity contribution in [1.29, 1.82) is 0 Å². The smallest absolute Gasteiger partial charge is 0.120 e. The van der Waals surface area contributed by atoms with Crippen molar-refractivity contribution in [1.82, 2.24) is 5.32 Å². The molecule has 2 aromatic rings. The number of aliphatic hydroxyl groups excluding tert-OH is 1. The summed E-state index contributed by atoms with van der Waals surface area (Å²) in [6, 6.07) is 13.5. The van der Waals surface area contributed by atoms with E-state index in [2.05, 4.69) is 5.32 Å². The summed E-state index contributed by atoms with van der Waals surface area (Å²) in [7, 11) is 0. The first kappa shape index (κ1) is 14.6. The van der Waals surface area contributed by atoms with Crippen LogP contribution >= 0.6 is 0 Å². The number of hydrogen-bond donors (Lipinski definition) is 3. The third-order valence-corrected chi connectivity index (χ3v) is 3.62. The first-order valence-corrected chi connectivity index (χ1v) is 6.80. The van der Waals surface area contributed by atoms with E-state index in [0.29, 0.717) is 12.3 Å². The fraction of sp³-hybridized carbons (Fsp3) is 0.294. The molecule has 20 heavy (non-hydrogen) atoms. The molecule has 106 valence electrons. The van der Waals surface area contributed by atoms with E-state index in [-0.39, 0.29) is 12.6 Å². The molecule has 0 spiro atoms. The van der Waals surface area contributed by atoms with E-state index in [1.54, 1.807) is 6.07 Å². The number of phenolic OH excluding ortho intramolecular Hbond substituents is 1. The van der Waals surface area contributed by atoms with Crippen LogP contribution in [0, 0.1) is 13.8 Å². The lowest BCUT2D eigenvalue weighted by molar-refractivity contribution is 0.243. The predicted molar refractivity (Wildman–Crippen MR) is 80.7 cm³/mol. The number of aryl methyl sites for hydroxylation is 2. The van der Waals surface area contributed by atoms with Gasteiger partial charge in [-0.15, -0.1) is 0 Å². The molecule has 3 heteroatoms. The number of rotatable bonds is 5. The fourth-order valence-electron chi connectivity index (χ4n) is 2.21. The third-order valence-electron chi connectivity index (χ3n) is 3.62. The van der Waals surface area contributed by atoms with Crippen LogP contribution in [-0.2, 0) is 6.54 Å². The maximum absolute atomic E-state index is 9.97. The summed E-state index contributed by atoms with van der Waals surface area (Å²) in [5.74, 6) is 0.297. The topological polar surface area (TPSA) is 52.5 Å². The Labute approximate surface area is 119 Å². The maximum Gasteiger partial charge on any atom is 0.120 e. The molecule has 0 saturated heterocycles. The van der Waals surface area contributed by atoms with Crippen LogP contribution in [0.3, 0.4) is 0 Å². The van der Waals surface area contributed by atoms with Crippen molar-refractivity contribution in [3.05, 3.63) is 64.7 Å². The summed E-state index contributed by atoms with van der Waals surface area (Å²) in [6.07, 6.45) is 0. The van der Waals surface area contributed by atoms with Gasteiger partial charge in [-0.2, -0.15) is 0 Å². The van der Waals surface area contributed by atoms with E-state index in [1.165, 1.54) is 0 Å². The molecule has 0 saturated carbocycles. The molecule has 0 radical (unpaired) electrons. The third kappa shape index (κ3) is 3.38. The molecule has 3 nitrogen and oxygen atoms in total. The second-order valence-electron chi connectivity index (χ2n) is 5.09. The van der Waals surface area contributed by atoms with Crippen LogP contribution in [0.15, 0.2) is 42.5 Å². The fourth-order valence-corrected chi connectivity index (χ4v) is 2.21. The Morgan fingerprint density at radius 1 is 1.05 bits per heavy atom. The van der Waals surface area contributed by atoms with Crippen LogP contribution in [0.25, 0.3) is 0 Å². The van der Waals surface area contributed by atoms with Crippen molar-refractivity contribution in [2.24, 2.45) is 0 Å². The molecule has 0 aliphatic rings. The van der Waals surface area contributed by atoms with Gasteiger partial charge >= 0.3 is 0 Å². The molecule has 0 bridgehead atoms. The predicted octanol–water partition coefficient (Wildman–Crippen LogP) is 2.83. The number of aromatic hydroxyl groups is 1. The van der Waals surface area contributed by atoms with Gasteiger partial charge in [-0.25, -0.2) is 0 Å². The van der Waals surface area contributed by atoms with Gasteiger partial charge in [0.15, 0.2) is 0 Å². The summed E-state index contributed by atoms with van der Waals surface area (Å²) in [5, 5.41) is 22.7. The molecule has 3 N–H and O–H groups in total. The van der Waals surface area contributed by atoms with E-state index in [4.69, 9.17) is 0 Å². The standard InChI is InChI=1S/C17H21NO2/c1-12-8-15(17(20)9-13(12)2)10-18-16(11-19)14-6-4-3-5-7-14/h3-9,16,18-20H,10-11H2,1-2H3. The number of benzene rings is 2. The number of hydrogen-bond acceptors (Lipinski definition) is 3. The molecule has 1 atom stereocenters. The molecule has 1 unspecified atom stereocenters. The Morgan fingerprint density at radius 3 is 2.35 bits per heavy atom. The summed E-state index contributed by atoms with van der Waals surface area (Å²) >= 11 is 0. The Balaban J connectivity index is 2.09. The van der Waals surface area contributed by atoms with Gasteiger partial charge in [-0.05, 0) is 36.6 Å². The maximum atomic E-state index is 9.97. The molecular weight excluding hydrogens is 250 g/mol. The molecule has 0 fully saturated rings. The molecule has 0 aliphatic carbocycles. The summed E-state index contributed by atoms with van der Waals surface area (Å²) in [5.41, 5.74) is 4.12. The Kier molecular flexibility index (Phi) is 4.77. The number of aliphatic hydroxyl groups is 1. The zero-order valence-electron chi connectivity index (χ0n) is 11.9. The first-order chi connectivity index (χ1) is 9.61. The van der Waals surface area contributed by atoms with Gasteiger partial charge in [0, 0.05) is 12.1 Å². The van der Waals surface area contributed by atoms with Crippen LogP contribution in [0.5, 0.6) is 5.75 Å². The van der Waals surface area contributed by atoms with Gasteiger partial charge in [-0.3, -0.25) is 0 Å². The SMILES string of the molecule is Cc1cc(O)c(CNC(CO)c2ccccc2)cc1C. The monoisotopic (exact) mass is 271 g/mol. The van der Waals surface area contributed by atoms with Gasteiger partial charge in [0.2, 0.25) is 0 Å². The minimum absolute atomic E-state index is 0.0234. The van der Waals surface area contributed by atoms with Crippen molar-refractivity contribution in [3.8, 4) is 5.75 Å². The van der Waals surface area contributed by atoms with Crippen molar-refractivity contribution in [2.45, 2.75) is 26.4 Å². The molecule has 2 rings (SSSR count). The average Bonchev–Trinajstić information content (AvgIpc) is 2.46. The summed E-state index contributed by atoms with van der Waals surface area (Å²) < 4.78 is 0. The van der Waals surface area contributed by atoms with Crippen LogP contribution in [0.1, 0.15) is 28.3 Å². The van der Waals surface area contributed by atoms with Gasteiger partial charge in [0.1, 0.15) is 5.75 Å². The second kappa shape index (κ2) is 6.55. The highest BCUT2D eigenvalue weighted by atomic mass is 16.3.